The van der Waals surface area contributed by atoms with Crippen molar-refractivity contribution in [2.75, 3.05) is 30.9 Å². The molecule has 2 fully saturated rings. The van der Waals surface area contributed by atoms with Crippen LogP contribution in [-0.2, 0) is 9.59 Å². The maximum Gasteiger partial charge on any atom is 0.229 e. The molecule has 1 aliphatic carbocycles. The highest BCUT2D eigenvalue weighted by Gasteiger charge is 2.39. The van der Waals surface area contributed by atoms with E-state index in [1.165, 1.54) is 6.42 Å². The molecule has 1 unspecified atom stereocenters. The second-order valence-corrected chi connectivity index (χ2v) is 6.46. The van der Waals surface area contributed by atoms with Gasteiger partial charge >= 0.3 is 0 Å². The number of amides is 2. The zero-order valence-corrected chi connectivity index (χ0v) is 13.2. The lowest BCUT2D eigenvalue weighted by molar-refractivity contribution is -0.131. The smallest absolute Gasteiger partial charge is 0.229 e. The number of likely N-dealkylation sites (tertiary alicyclic amines) is 1. The predicted octanol–water partition coefficient (Wildman–Crippen LogP) is 2.09. The third-order valence-electron chi connectivity index (χ3n) is 4.70. The van der Waals surface area contributed by atoms with E-state index in [1.807, 2.05) is 48.2 Å². The van der Waals surface area contributed by atoms with Crippen molar-refractivity contribution in [2.24, 2.45) is 5.92 Å². The van der Waals surface area contributed by atoms with Crippen molar-refractivity contribution in [1.29, 1.82) is 0 Å². The Hall–Kier alpha value is -2.04. The van der Waals surface area contributed by atoms with Crippen LogP contribution >= 0.6 is 0 Å². The van der Waals surface area contributed by atoms with Gasteiger partial charge < -0.3 is 15.1 Å². The lowest BCUT2D eigenvalue weighted by Gasteiger charge is -2.34. The monoisotopic (exact) mass is 301 g/mol. The summed E-state index contributed by atoms with van der Waals surface area (Å²) in [5.74, 6) is -0.137. The first-order valence-corrected chi connectivity index (χ1v) is 7.92. The Morgan fingerprint density at radius 2 is 1.91 bits per heavy atom. The fourth-order valence-electron chi connectivity index (χ4n) is 3.05. The first-order valence-electron chi connectivity index (χ1n) is 7.92. The second-order valence-electron chi connectivity index (χ2n) is 6.46. The molecule has 1 aliphatic heterocycles. The molecular formula is C17H23N3O2. The third-order valence-corrected chi connectivity index (χ3v) is 4.70. The summed E-state index contributed by atoms with van der Waals surface area (Å²) in [4.78, 5) is 28.3. The van der Waals surface area contributed by atoms with Crippen molar-refractivity contribution in [3.8, 4) is 0 Å². The molecule has 5 nitrogen and oxygen atoms in total. The quantitative estimate of drug-likeness (QED) is 0.926. The molecule has 118 valence electrons. The van der Waals surface area contributed by atoms with E-state index in [4.69, 9.17) is 0 Å². The summed E-state index contributed by atoms with van der Waals surface area (Å²) >= 11 is 0. The highest BCUT2D eigenvalue weighted by Crippen LogP contribution is 2.31. The van der Waals surface area contributed by atoms with Crippen LogP contribution in [0.3, 0.4) is 0 Å². The maximum absolute atomic E-state index is 12.4. The van der Waals surface area contributed by atoms with Gasteiger partial charge in [-0.3, -0.25) is 9.59 Å². The summed E-state index contributed by atoms with van der Waals surface area (Å²) < 4.78 is 0. The van der Waals surface area contributed by atoms with E-state index < -0.39 is 0 Å². The number of nitrogens with one attached hydrogen (secondary N) is 1. The van der Waals surface area contributed by atoms with Crippen molar-refractivity contribution < 1.29 is 9.59 Å². The van der Waals surface area contributed by atoms with Crippen LogP contribution in [0.2, 0.25) is 0 Å². The van der Waals surface area contributed by atoms with Crippen LogP contribution in [-0.4, -0.2) is 43.4 Å². The van der Waals surface area contributed by atoms with E-state index in [0.717, 1.165) is 24.2 Å². The molecule has 0 spiro atoms. The van der Waals surface area contributed by atoms with Gasteiger partial charge in [0.1, 0.15) is 0 Å². The Morgan fingerprint density at radius 3 is 2.45 bits per heavy atom. The molecule has 5 heteroatoms. The predicted molar refractivity (Wildman–Crippen MR) is 86.9 cm³/mol. The van der Waals surface area contributed by atoms with E-state index in [2.05, 4.69) is 5.32 Å². The molecule has 0 bridgehead atoms. The SMILES string of the molecule is CN(C)c1ccc(NC(=O)C2CC(=O)N(C3CCC3)C2)cc1. The van der Waals surface area contributed by atoms with Crippen molar-refractivity contribution >= 4 is 23.2 Å². The Kier molecular flexibility index (Phi) is 4.05. The van der Waals surface area contributed by atoms with Crippen molar-refractivity contribution in [2.45, 2.75) is 31.7 Å². The van der Waals surface area contributed by atoms with Gasteiger partial charge in [-0.25, -0.2) is 0 Å². The van der Waals surface area contributed by atoms with Gasteiger partial charge in [0.15, 0.2) is 0 Å². The van der Waals surface area contributed by atoms with E-state index in [0.29, 0.717) is 19.0 Å². The molecule has 2 aliphatic rings. The van der Waals surface area contributed by atoms with Gasteiger partial charge in [-0.05, 0) is 43.5 Å². The Labute approximate surface area is 131 Å². The van der Waals surface area contributed by atoms with Crippen LogP contribution in [0.15, 0.2) is 24.3 Å². The summed E-state index contributed by atoms with van der Waals surface area (Å²) in [5, 5.41) is 2.93. The van der Waals surface area contributed by atoms with Gasteiger partial charge in [0.2, 0.25) is 11.8 Å². The fraction of sp³-hybridized carbons (Fsp3) is 0.529. The number of rotatable bonds is 4. The molecule has 1 heterocycles. The highest BCUT2D eigenvalue weighted by atomic mass is 16.2. The van der Waals surface area contributed by atoms with Crippen LogP contribution in [0.1, 0.15) is 25.7 Å². The number of hydrogen-bond donors (Lipinski definition) is 1. The van der Waals surface area contributed by atoms with E-state index in [1.54, 1.807) is 0 Å². The van der Waals surface area contributed by atoms with Crippen LogP contribution in [0.4, 0.5) is 11.4 Å². The average molecular weight is 301 g/mol. The van der Waals surface area contributed by atoms with E-state index in [-0.39, 0.29) is 17.7 Å². The molecule has 1 aromatic rings. The van der Waals surface area contributed by atoms with Gasteiger partial charge in [-0.2, -0.15) is 0 Å². The molecule has 1 atom stereocenters. The summed E-state index contributed by atoms with van der Waals surface area (Å²) in [6.45, 7) is 0.575. The number of carbonyl (C=O) groups is 2. The molecule has 1 N–H and O–H groups in total. The largest absolute Gasteiger partial charge is 0.378 e. The fourth-order valence-corrected chi connectivity index (χ4v) is 3.05. The standard InChI is InChI=1S/C17H23N3O2/c1-19(2)14-8-6-13(7-9-14)18-17(22)12-10-16(21)20(11-12)15-4-3-5-15/h6-9,12,15H,3-5,10-11H2,1-2H3,(H,18,22). The number of benzene rings is 1. The third kappa shape index (κ3) is 2.93. The number of carbonyl (C=O) groups excluding carboxylic acids is 2. The van der Waals surface area contributed by atoms with Gasteiger partial charge in [-0.1, -0.05) is 0 Å². The lowest BCUT2D eigenvalue weighted by atomic mass is 9.92. The minimum atomic E-state index is -0.221. The normalized spacial score (nSPS) is 21.6. The molecule has 22 heavy (non-hydrogen) atoms. The molecule has 3 rings (SSSR count). The summed E-state index contributed by atoms with van der Waals surface area (Å²) in [6, 6.07) is 8.11. The van der Waals surface area contributed by atoms with Gasteiger partial charge in [0.25, 0.3) is 0 Å². The summed E-state index contributed by atoms with van der Waals surface area (Å²) in [5.41, 5.74) is 1.87. The molecular weight excluding hydrogens is 278 g/mol. The van der Waals surface area contributed by atoms with Crippen LogP contribution < -0.4 is 10.2 Å². The maximum atomic E-state index is 12.4. The lowest BCUT2D eigenvalue weighted by Crippen LogP contribution is -2.41. The van der Waals surface area contributed by atoms with Gasteiger partial charge in [-0.15, -0.1) is 0 Å². The van der Waals surface area contributed by atoms with E-state index in [9.17, 15) is 9.59 Å². The summed E-state index contributed by atoms with van der Waals surface area (Å²) in [7, 11) is 3.96. The average Bonchev–Trinajstić information content (AvgIpc) is 2.80. The number of nitrogens with zero attached hydrogens (tertiary/aromatic N) is 2. The molecule has 0 aromatic heterocycles. The highest BCUT2D eigenvalue weighted by molar-refractivity contribution is 5.97. The molecule has 0 radical (unpaired) electrons. The first kappa shape index (κ1) is 14.9. The van der Waals surface area contributed by atoms with E-state index >= 15 is 0 Å². The first-order chi connectivity index (χ1) is 10.5. The number of anilines is 2. The van der Waals surface area contributed by atoms with Crippen molar-refractivity contribution in [3.63, 3.8) is 0 Å². The Balaban J connectivity index is 1.59. The van der Waals surface area contributed by atoms with Crippen molar-refractivity contribution in [3.05, 3.63) is 24.3 Å². The minimum absolute atomic E-state index is 0.0484. The zero-order valence-electron chi connectivity index (χ0n) is 13.2. The molecule has 1 aromatic carbocycles. The molecule has 2 amide bonds. The van der Waals surface area contributed by atoms with Crippen molar-refractivity contribution in [1.82, 2.24) is 4.90 Å². The molecule has 1 saturated heterocycles. The summed E-state index contributed by atoms with van der Waals surface area (Å²) in [6.07, 6.45) is 3.72. The minimum Gasteiger partial charge on any atom is -0.378 e. The van der Waals surface area contributed by atoms with Crippen LogP contribution in [0.25, 0.3) is 0 Å². The Morgan fingerprint density at radius 1 is 1.23 bits per heavy atom. The van der Waals surface area contributed by atoms with Gasteiger partial charge in [0.05, 0.1) is 5.92 Å². The Bertz CT molecular complexity index is 564. The second kappa shape index (κ2) is 5.99. The zero-order chi connectivity index (χ0) is 15.7. The molecule has 1 saturated carbocycles. The van der Waals surface area contributed by atoms with Crippen LogP contribution in [0.5, 0.6) is 0 Å². The topological polar surface area (TPSA) is 52.7 Å². The van der Waals surface area contributed by atoms with Gasteiger partial charge in [0, 0.05) is 44.5 Å². The number of hydrogen-bond acceptors (Lipinski definition) is 3. The van der Waals surface area contributed by atoms with Crippen LogP contribution in [0, 0.1) is 5.92 Å².